The van der Waals surface area contributed by atoms with Gasteiger partial charge < -0.3 is 10.3 Å². The average molecular weight is 282 g/mol. The van der Waals surface area contributed by atoms with Crippen molar-refractivity contribution in [1.82, 2.24) is 14.9 Å². The van der Waals surface area contributed by atoms with E-state index in [-0.39, 0.29) is 17.3 Å². The predicted molar refractivity (Wildman–Crippen MR) is 67.5 cm³/mol. The van der Waals surface area contributed by atoms with Crippen molar-refractivity contribution >= 4 is 10.0 Å². The molecule has 1 aromatic heterocycles. The Kier molecular flexibility index (Phi) is 4.25. The highest BCUT2D eigenvalue weighted by atomic mass is 32.2. The first-order chi connectivity index (χ1) is 9.12. The molecule has 0 spiro atoms. The molecule has 0 atom stereocenters. The number of sulfonamides is 1. The molecule has 0 bridgehead atoms. The third-order valence-corrected chi connectivity index (χ3v) is 3.91. The van der Waals surface area contributed by atoms with Gasteiger partial charge in [0.15, 0.2) is 5.82 Å². The number of nitrogens with zero attached hydrogens (tertiary/aromatic N) is 2. The Balaban J connectivity index is 2.06. The van der Waals surface area contributed by atoms with E-state index in [1.807, 2.05) is 0 Å². The van der Waals surface area contributed by atoms with Crippen LogP contribution in [0.25, 0.3) is 0 Å². The lowest BCUT2D eigenvalue weighted by atomic mass is 10.2. The van der Waals surface area contributed by atoms with E-state index < -0.39 is 10.0 Å². The molecule has 2 rings (SSSR count). The highest BCUT2D eigenvalue weighted by Gasteiger charge is 2.14. The topological polar surface area (TPSA) is 111 Å². The summed E-state index contributed by atoms with van der Waals surface area (Å²) >= 11 is 0. The molecule has 2 aromatic rings. The Hall–Kier alpha value is -1.77. The van der Waals surface area contributed by atoms with Crippen LogP contribution >= 0.6 is 0 Å². The molecular formula is C11H14N4O3S. The zero-order valence-electron chi connectivity index (χ0n) is 10.1. The van der Waals surface area contributed by atoms with Crippen LogP contribution in [0.3, 0.4) is 0 Å². The summed E-state index contributed by atoms with van der Waals surface area (Å²) in [6, 6.07) is 6.58. The summed E-state index contributed by atoms with van der Waals surface area (Å²) in [5.74, 6) is 0.281. The molecule has 1 aromatic carbocycles. The lowest BCUT2D eigenvalue weighted by Crippen LogP contribution is -2.23. The second-order valence-electron chi connectivity index (χ2n) is 3.85. The van der Waals surface area contributed by atoms with Gasteiger partial charge in [-0.25, -0.2) is 13.1 Å². The van der Waals surface area contributed by atoms with Crippen molar-refractivity contribution in [2.45, 2.75) is 17.9 Å². The summed E-state index contributed by atoms with van der Waals surface area (Å²) in [5, 5.41) is 3.52. The molecule has 7 nitrogen and oxygen atoms in total. The van der Waals surface area contributed by atoms with Crippen molar-refractivity contribution < 1.29 is 12.9 Å². The number of hydrogen-bond acceptors (Lipinski definition) is 6. The van der Waals surface area contributed by atoms with Gasteiger partial charge in [-0.05, 0) is 30.7 Å². The lowest BCUT2D eigenvalue weighted by molar-refractivity contribution is 0.409. The van der Waals surface area contributed by atoms with Crippen molar-refractivity contribution in [3.05, 3.63) is 42.0 Å². The molecule has 3 N–H and O–H groups in total. The minimum Gasteiger partial charge on any atom is -0.343 e. The number of aromatic nitrogens is 2. The van der Waals surface area contributed by atoms with Crippen LogP contribution in [-0.2, 0) is 23.0 Å². The second-order valence-corrected chi connectivity index (χ2v) is 5.62. The molecule has 8 heteroatoms. The van der Waals surface area contributed by atoms with Gasteiger partial charge in [-0.15, -0.1) is 0 Å². The van der Waals surface area contributed by atoms with Gasteiger partial charge in [0, 0.05) is 0 Å². The molecule has 0 unspecified atom stereocenters. The molecule has 0 saturated heterocycles. The number of benzene rings is 1. The van der Waals surface area contributed by atoms with Crippen LogP contribution in [0.2, 0.25) is 0 Å². The third-order valence-electron chi connectivity index (χ3n) is 2.49. The Morgan fingerprint density at radius 3 is 2.58 bits per heavy atom. The maximum absolute atomic E-state index is 12.0. The first-order valence-electron chi connectivity index (χ1n) is 5.66. The van der Waals surface area contributed by atoms with Gasteiger partial charge in [-0.1, -0.05) is 17.3 Å². The van der Waals surface area contributed by atoms with Crippen LogP contribution in [0.1, 0.15) is 11.4 Å². The van der Waals surface area contributed by atoms with E-state index in [0.717, 1.165) is 18.4 Å². The van der Waals surface area contributed by atoms with Crippen molar-refractivity contribution in [1.29, 1.82) is 0 Å². The summed E-state index contributed by atoms with van der Waals surface area (Å²) < 4.78 is 30.9. The van der Waals surface area contributed by atoms with Crippen LogP contribution < -0.4 is 10.5 Å². The van der Waals surface area contributed by atoms with E-state index in [4.69, 9.17) is 5.73 Å². The van der Waals surface area contributed by atoms with Crippen LogP contribution in [0, 0.1) is 0 Å². The first-order valence-corrected chi connectivity index (χ1v) is 7.14. The summed E-state index contributed by atoms with van der Waals surface area (Å²) in [5.41, 5.74) is 6.43. The van der Waals surface area contributed by atoms with E-state index in [0.29, 0.717) is 6.54 Å². The Labute approximate surface area is 110 Å². The Morgan fingerprint density at radius 2 is 2.00 bits per heavy atom. The smallest absolute Gasteiger partial charge is 0.240 e. The first kappa shape index (κ1) is 13.7. The SMILES string of the molecule is NCCc1ccc(S(=O)(=O)NCc2ncon2)cc1. The Morgan fingerprint density at radius 1 is 1.26 bits per heavy atom. The van der Waals surface area contributed by atoms with Crippen molar-refractivity contribution in [3.63, 3.8) is 0 Å². The van der Waals surface area contributed by atoms with Gasteiger partial charge in [-0.2, -0.15) is 4.98 Å². The van der Waals surface area contributed by atoms with Gasteiger partial charge in [0.25, 0.3) is 0 Å². The fourth-order valence-corrected chi connectivity index (χ4v) is 2.50. The van der Waals surface area contributed by atoms with E-state index in [1.54, 1.807) is 24.3 Å². The largest absolute Gasteiger partial charge is 0.343 e. The predicted octanol–water partition coefficient (Wildman–Crippen LogP) is 0.0493. The Bertz CT molecular complexity index is 608. The molecule has 0 saturated carbocycles. The number of nitrogens with two attached hydrogens (primary N) is 1. The summed E-state index contributed by atoms with van der Waals surface area (Å²) in [7, 11) is -3.57. The van der Waals surface area contributed by atoms with E-state index >= 15 is 0 Å². The van der Waals surface area contributed by atoms with Crippen molar-refractivity contribution in [3.8, 4) is 0 Å². The summed E-state index contributed by atoms with van der Waals surface area (Å²) in [6.07, 6.45) is 1.86. The number of rotatable bonds is 6. The molecule has 0 aliphatic carbocycles. The molecule has 0 radical (unpaired) electrons. The maximum Gasteiger partial charge on any atom is 0.240 e. The average Bonchev–Trinajstić information content (AvgIpc) is 2.91. The lowest BCUT2D eigenvalue weighted by Gasteiger charge is -2.05. The molecule has 0 aliphatic rings. The van der Waals surface area contributed by atoms with Gasteiger partial charge in [0.1, 0.15) is 0 Å². The highest BCUT2D eigenvalue weighted by Crippen LogP contribution is 2.11. The van der Waals surface area contributed by atoms with Crippen LogP contribution in [0.4, 0.5) is 0 Å². The fourth-order valence-electron chi connectivity index (χ4n) is 1.52. The quantitative estimate of drug-likeness (QED) is 0.774. The van der Waals surface area contributed by atoms with E-state index in [2.05, 4.69) is 19.4 Å². The molecular weight excluding hydrogens is 268 g/mol. The number of hydrogen-bond donors (Lipinski definition) is 2. The molecule has 0 aliphatic heterocycles. The summed E-state index contributed by atoms with van der Waals surface area (Å²) in [6.45, 7) is 0.519. The van der Waals surface area contributed by atoms with Gasteiger partial charge in [0.2, 0.25) is 16.4 Å². The molecule has 19 heavy (non-hydrogen) atoms. The zero-order chi connectivity index (χ0) is 13.7. The fraction of sp³-hybridized carbons (Fsp3) is 0.273. The third kappa shape index (κ3) is 3.60. The van der Waals surface area contributed by atoms with Crippen LogP contribution in [0.15, 0.2) is 40.1 Å². The minimum absolute atomic E-state index is 0.0105. The van der Waals surface area contributed by atoms with Crippen molar-refractivity contribution in [2.75, 3.05) is 6.54 Å². The minimum atomic E-state index is -3.57. The molecule has 1 heterocycles. The maximum atomic E-state index is 12.0. The van der Waals surface area contributed by atoms with Crippen LogP contribution in [0.5, 0.6) is 0 Å². The second kappa shape index (κ2) is 5.91. The zero-order valence-corrected chi connectivity index (χ0v) is 10.9. The van der Waals surface area contributed by atoms with Gasteiger partial charge in [-0.3, -0.25) is 0 Å². The monoisotopic (exact) mass is 282 g/mol. The highest BCUT2D eigenvalue weighted by molar-refractivity contribution is 7.89. The van der Waals surface area contributed by atoms with E-state index in [9.17, 15) is 8.42 Å². The normalized spacial score (nSPS) is 11.6. The molecule has 0 fully saturated rings. The molecule has 102 valence electrons. The molecule has 0 amide bonds. The number of nitrogens with one attached hydrogen (secondary N) is 1. The standard InChI is InChI=1S/C11H14N4O3S/c12-6-5-9-1-3-10(4-2-9)19(16,17)14-7-11-13-8-18-15-11/h1-4,8,14H,5-7,12H2. The van der Waals surface area contributed by atoms with E-state index in [1.165, 1.54) is 0 Å². The van der Waals surface area contributed by atoms with Crippen molar-refractivity contribution in [2.24, 2.45) is 5.73 Å². The summed E-state index contributed by atoms with van der Waals surface area (Å²) in [4.78, 5) is 3.92. The van der Waals surface area contributed by atoms with Crippen LogP contribution in [-0.4, -0.2) is 25.1 Å². The van der Waals surface area contributed by atoms with Gasteiger partial charge in [0.05, 0.1) is 11.4 Å². The van der Waals surface area contributed by atoms with Gasteiger partial charge >= 0.3 is 0 Å².